The molecule has 1 aliphatic heterocycles. The highest BCUT2D eigenvalue weighted by Gasteiger charge is 2.65. The zero-order chi connectivity index (χ0) is 27.5. The SMILES string of the molecule is CC(C)CCC[C@H](C)[C@@H]1CC[C@]2(C)C3=C(CC[C@]12C)[C@]1(C)CC[C@H](O[C@@H]2CCCCO2)C(C)(C)[C@@H]1CC3=O. The molecular weight excluding hydrogens is 468 g/mol. The smallest absolute Gasteiger partial charge is 0.159 e. The van der Waals surface area contributed by atoms with Crippen molar-refractivity contribution in [3.63, 3.8) is 0 Å². The first-order valence-electron chi connectivity index (χ1n) is 16.4. The summed E-state index contributed by atoms with van der Waals surface area (Å²) < 4.78 is 12.6. The monoisotopic (exact) mass is 526 g/mol. The number of ketones is 1. The van der Waals surface area contributed by atoms with Gasteiger partial charge < -0.3 is 9.47 Å². The van der Waals surface area contributed by atoms with Gasteiger partial charge in [-0.3, -0.25) is 4.79 Å². The topological polar surface area (TPSA) is 35.5 Å². The van der Waals surface area contributed by atoms with Crippen molar-refractivity contribution in [2.45, 2.75) is 151 Å². The molecule has 0 aromatic rings. The third kappa shape index (κ3) is 4.49. The Labute approximate surface area is 234 Å². The first-order valence-corrected chi connectivity index (χ1v) is 16.4. The van der Waals surface area contributed by atoms with Gasteiger partial charge in [0.15, 0.2) is 12.1 Å². The van der Waals surface area contributed by atoms with E-state index in [4.69, 9.17) is 9.47 Å². The van der Waals surface area contributed by atoms with Crippen LogP contribution < -0.4 is 0 Å². The highest BCUT2D eigenvalue weighted by Crippen LogP contribution is 2.72. The molecule has 3 nitrogen and oxygen atoms in total. The highest BCUT2D eigenvalue weighted by molar-refractivity contribution is 5.99. The fraction of sp³-hybridized carbons (Fsp3) is 0.914. The third-order valence-electron chi connectivity index (χ3n) is 13.1. The van der Waals surface area contributed by atoms with Gasteiger partial charge in [0.1, 0.15) is 0 Å². The summed E-state index contributed by atoms with van der Waals surface area (Å²) in [6, 6.07) is 0. The summed E-state index contributed by atoms with van der Waals surface area (Å²) in [5.74, 6) is 3.11. The minimum absolute atomic E-state index is 0.0349. The predicted molar refractivity (Wildman–Crippen MR) is 156 cm³/mol. The molecule has 3 heteroatoms. The van der Waals surface area contributed by atoms with Crippen molar-refractivity contribution in [1.82, 2.24) is 0 Å². The molecule has 5 aliphatic rings. The van der Waals surface area contributed by atoms with E-state index >= 15 is 0 Å². The molecule has 0 aromatic carbocycles. The second kappa shape index (κ2) is 10.3. The van der Waals surface area contributed by atoms with Crippen molar-refractivity contribution in [1.29, 1.82) is 0 Å². The fourth-order valence-corrected chi connectivity index (χ4v) is 10.6. The normalized spacial score (nSPS) is 43.6. The number of fused-ring (bicyclic) bond motifs is 4. The highest BCUT2D eigenvalue weighted by atomic mass is 16.7. The van der Waals surface area contributed by atoms with Gasteiger partial charge in [0.2, 0.25) is 0 Å². The van der Waals surface area contributed by atoms with Gasteiger partial charge in [0, 0.05) is 24.0 Å². The van der Waals surface area contributed by atoms with Gasteiger partial charge in [-0.15, -0.1) is 0 Å². The number of allylic oxidation sites excluding steroid dienone is 2. The van der Waals surface area contributed by atoms with Crippen molar-refractivity contribution in [2.24, 2.45) is 45.3 Å². The van der Waals surface area contributed by atoms with Crippen molar-refractivity contribution in [2.75, 3.05) is 6.61 Å². The summed E-state index contributed by atoms with van der Waals surface area (Å²) in [6.07, 6.45) is 15.3. The summed E-state index contributed by atoms with van der Waals surface area (Å²) in [4.78, 5) is 14.3. The Morgan fingerprint density at radius 3 is 2.39 bits per heavy atom. The lowest BCUT2D eigenvalue weighted by Crippen LogP contribution is -2.58. The number of ether oxygens (including phenoxy) is 2. The van der Waals surface area contributed by atoms with Gasteiger partial charge in [0.25, 0.3) is 0 Å². The van der Waals surface area contributed by atoms with Crippen LogP contribution in [-0.4, -0.2) is 24.8 Å². The molecule has 0 N–H and O–H groups in total. The molecule has 8 atom stereocenters. The van der Waals surface area contributed by atoms with Crippen molar-refractivity contribution < 1.29 is 14.3 Å². The number of carbonyl (C=O) groups excluding carboxylic acids is 1. The molecule has 0 radical (unpaired) electrons. The molecule has 0 bridgehead atoms. The summed E-state index contributed by atoms with van der Waals surface area (Å²) in [7, 11) is 0. The Kier molecular flexibility index (Phi) is 7.82. The Morgan fingerprint density at radius 1 is 0.947 bits per heavy atom. The van der Waals surface area contributed by atoms with Gasteiger partial charge >= 0.3 is 0 Å². The second-order valence-electron chi connectivity index (χ2n) is 15.9. The number of Topliss-reactive ketones (excluding diaryl/α,β-unsaturated/α-hetero) is 1. The molecule has 5 rings (SSSR count). The first kappa shape index (κ1) is 28.8. The number of carbonyl (C=O) groups is 1. The quantitative estimate of drug-likeness (QED) is 0.331. The summed E-state index contributed by atoms with van der Waals surface area (Å²) in [5, 5.41) is 0. The maximum Gasteiger partial charge on any atom is 0.159 e. The zero-order valence-electron chi connectivity index (χ0n) is 26.1. The first-order chi connectivity index (χ1) is 17.8. The molecule has 4 aliphatic carbocycles. The van der Waals surface area contributed by atoms with Crippen LogP contribution in [0.25, 0.3) is 0 Å². The summed E-state index contributed by atoms with van der Waals surface area (Å²) in [5.41, 5.74) is 3.23. The van der Waals surface area contributed by atoms with Crippen molar-refractivity contribution >= 4 is 5.78 Å². The van der Waals surface area contributed by atoms with Crippen LogP contribution in [0, 0.1) is 45.3 Å². The Morgan fingerprint density at radius 2 is 1.71 bits per heavy atom. The predicted octanol–water partition coefficient (Wildman–Crippen LogP) is 9.29. The van der Waals surface area contributed by atoms with E-state index in [0.29, 0.717) is 18.1 Å². The minimum atomic E-state index is -0.0568. The van der Waals surface area contributed by atoms with Crippen LogP contribution in [0.3, 0.4) is 0 Å². The average molecular weight is 527 g/mol. The molecule has 216 valence electrons. The molecule has 0 amide bonds. The standard InChI is InChI=1S/C35H58O3/c1-23(2)12-11-13-24(3)25-15-20-35(8)31-26(16-19-34(25,35)7)33(6)18-17-29(38-30-14-9-10-21-37-30)32(4,5)28(33)22-27(31)36/h23-25,28-30H,9-22H2,1-8H3/t24-,25-,28-,29-,30+,33-,34+,35+/m0/s1. The van der Waals surface area contributed by atoms with Gasteiger partial charge in [-0.2, -0.15) is 0 Å². The van der Waals surface area contributed by atoms with E-state index in [1.54, 1.807) is 5.57 Å². The van der Waals surface area contributed by atoms with Crippen LogP contribution in [0.4, 0.5) is 0 Å². The van der Waals surface area contributed by atoms with Crippen molar-refractivity contribution in [3.8, 4) is 0 Å². The molecule has 0 unspecified atom stereocenters. The van der Waals surface area contributed by atoms with Gasteiger partial charge in [-0.25, -0.2) is 0 Å². The molecule has 2 saturated carbocycles. The van der Waals surface area contributed by atoms with E-state index in [-0.39, 0.29) is 34.1 Å². The minimum Gasteiger partial charge on any atom is -0.353 e. The molecule has 1 heterocycles. The lowest BCUT2D eigenvalue weighted by Gasteiger charge is -2.62. The zero-order valence-corrected chi connectivity index (χ0v) is 26.1. The second-order valence-corrected chi connectivity index (χ2v) is 15.9. The number of rotatable bonds is 7. The van der Waals surface area contributed by atoms with Crippen LogP contribution in [-0.2, 0) is 14.3 Å². The van der Waals surface area contributed by atoms with E-state index in [1.807, 2.05) is 0 Å². The van der Waals surface area contributed by atoms with Gasteiger partial charge in [-0.05, 0) is 97.7 Å². The maximum atomic E-state index is 14.3. The average Bonchev–Trinajstić information content (AvgIpc) is 3.14. The molecule has 38 heavy (non-hydrogen) atoms. The molecule has 3 fully saturated rings. The van der Waals surface area contributed by atoms with E-state index in [1.165, 1.54) is 50.5 Å². The molecule has 1 saturated heterocycles. The van der Waals surface area contributed by atoms with E-state index in [2.05, 4.69) is 55.4 Å². The lowest BCUT2D eigenvalue weighted by atomic mass is 9.43. The molecule has 0 spiro atoms. The van der Waals surface area contributed by atoms with Gasteiger partial charge in [-0.1, -0.05) is 80.2 Å². The number of hydrogen-bond donors (Lipinski definition) is 0. The number of hydrogen-bond acceptors (Lipinski definition) is 3. The Hall–Kier alpha value is -0.670. The van der Waals surface area contributed by atoms with Crippen LogP contribution in [0.15, 0.2) is 11.1 Å². The molecular formula is C35H58O3. The van der Waals surface area contributed by atoms with Crippen molar-refractivity contribution in [3.05, 3.63) is 11.1 Å². The molecule has 0 aromatic heterocycles. The summed E-state index contributed by atoms with van der Waals surface area (Å²) >= 11 is 0. The maximum absolute atomic E-state index is 14.3. The van der Waals surface area contributed by atoms with Crippen LogP contribution in [0.1, 0.15) is 139 Å². The Bertz CT molecular complexity index is 925. The van der Waals surface area contributed by atoms with Crippen LogP contribution in [0.2, 0.25) is 0 Å². The van der Waals surface area contributed by atoms with E-state index < -0.39 is 0 Å². The van der Waals surface area contributed by atoms with Crippen LogP contribution >= 0.6 is 0 Å². The van der Waals surface area contributed by atoms with Crippen LogP contribution in [0.5, 0.6) is 0 Å². The van der Waals surface area contributed by atoms with Gasteiger partial charge in [0.05, 0.1) is 6.10 Å². The van der Waals surface area contributed by atoms with E-state index in [9.17, 15) is 4.79 Å². The lowest BCUT2D eigenvalue weighted by molar-refractivity contribution is -0.233. The Balaban J connectivity index is 1.41. The largest absolute Gasteiger partial charge is 0.353 e. The third-order valence-corrected chi connectivity index (χ3v) is 13.1. The van der Waals surface area contributed by atoms with E-state index in [0.717, 1.165) is 56.5 Å². The fourth-order valence-electron chi connectivity index (χ4n) is 10.6. The summed E-state index contributed by atoms with van der Waals surface area (Å²) in [6.45, 7) is 20.4.